The molecule has 0 fully saturated rings. The molecule has 1 aromatic carbocycles. The maximum atomic E-state index is 13.0. The number of pyridine rings is 1. The van der Waals surface area contributed by atoms with Gasteiger partial charge in [0, 0.05) is 18.8 Å². The molecule has 1 atom stereocenters. The monoisotopic (exact) mass is 405 g/mol. The maximum absolute atomic E-state index is 13.0. The van der Waals surface area contributed by atoms with Crippen molar-refractivity contribution in [3.05, 3.63) is 66.1 Å². The molecule has 8 heteroatoms. The van der Waals surface area contributed by atoms with Crippen LogP contribution in [0.1, 0.15) is 24.6 Å². The summed E-state index contributed by atoms with van der Waals surface area (Å²) in [5.41, 5.74) is 3.66. The van der Waals surface area contributed by atoms with E-state index in [0.717, 1.165) is 22.6 Å². The Hall–Kier alpha value is -3.68. The minimum atomic E-state index is -0.634. The number of imidazole rings is 1. The van der Waals surface area contributed by atoms with Gasteiger partial charge in [-0.25, -0.2) is 9.78 Å². The molecule has 0 radical (unpaired) electrons. The molecule has 3 aromatic rings. The lowest BCUT2D eigenvalue weighted by Gasteiger charge is -2.22. The molecule has 0 bridgehead atoms. The summed E-state index contributed by atoms with van der Waals surface area (Å²) < 4.78 is 7.01. The number of benzene rings is 1. The summed E-state index contributed by atoms with van der Waals surface area (Å²) in [4.78, 5) is 29.8. The molecule has 0 aliphatic carbocycles. The summed E-state index contributed by atoms with van der Waals surface area (Å²) >= 11 is 0. The van der Waals surface area contributed by atoms with E-state index >= 15 is 0 Å². The zero-order chi connectivity index (χ0) is 21.1. The molecule has 1 unspecified atom stereocenters. The lowest BCUT2D eigenvalue weighted by Crippen LogP contribution is -2.42. The highest BCUT2D eigenvalue weighted by atomic mass is 16.5. The van der Waals surface area contributed by atoms with Crippen LogP contribution in [0.4, 0.5) is 5.69 Å². The van der Waals surface area contributed by atoms with Crippen LogP contribution in [0.2, 0.25) is 0 Å². The molecule has 30 heavy (non-hydrogen) atoms. The Balaban J connectivity index is 1.51. The van der Waals surface area contributed by atoms with E-state index in [2.05, 4.69) is 15.4 Å². The molecule has 0 saturated heterocycles. The highest BCUT2D eigenvalue weighted by Gasteiger charge is 2.36. The standard InChI is InChI=1S/C22H23N5O3/c1-3-30-22(29)18-12-19(27(25-18)17-9-5-4-6-10-17)21(28)23-13-16-14-26-11-7-8-15(2)20(26)24-16/h4-11,14,19H,3,12-13H2,1-2H3,(H,23,28). The number of carbonyl (C=O) groups is 2. The Morgan fingerprint density at radius 1 is 1.20 bits per heavy atom. The Bertz CT molecular complexity index is 1110. The van der Waals surface area contributed by atoms with Gasteiger partial charge >= 0.3 is 5.97 Å². The van der Waals surface area contributed by atoms with Gasteiger partial charge in [-0.2, -0.15) is 5.10 Å². The number of fused-ring (bicyclic) bond motifs is 1. The number of esters is 1. The average Bonchev–Trinajstić information content (AvgIpc) is 3.38. The van der Waals surface area contributed by atoms with E-state index in [4.69, 9.17) is 4.74 Å². The highest BCUT2D eigenvalue weighted by molar-refractivity contribution is 6.38. The molecule has 154 valence electrons. The second-order valence-corrected chi connectivity index (χ2v) is 7.04. The first-order valence-corrected chi connectivity index (χ1v) is 9.86. The van der Waals surface area contributed by atoms with Gasteiger partial charge in [0.05, 0.1) is 24.5 Å². The summed E-state index contributed by atoms with van der Waals surface area (Å²) in [6.45, 7) is 4.28. The van der Waals surface area contributed by atoms with Crippen LogP contribution in [-0.2, 0) is 20.9 Å². The number of hydrazone groups is 1. The Morgan fingerprint density at radius 2 is 2.00 bits per heavy atom. The van der Waals surface area contributed by atoms with Crippen molar-refractivity contribution in [2.24, 2.45) is 5.10 Å². The number of rotatable bonds is 6. The Morgan fingerprint density at radius 3 is 2.73 bits per heavy atom. The number of nitrogens with one attached hydrogen (secondary N) is 1. The van der Waals surface area contributed by atoms with Gasteiger partial charge in [0.2, 0.25) is 5.91 Å². The highest BCUT2D eigenvalue weighted by Crippen LogP contribution is 2.25. The van der Waals surface area contributed by atoms with Crippen molar-refractivity contribution in [1.29, 1.82) is 0 Å². The van der Waals surface area contributed by atoms with Crippen molar-refractivity contribution in [3.8, 4) is 0 Å². The van der Waals surface area contributed by atoms with Crippen LogP contribution in [0.5, 0.6) is 0 Å². The zero-order valence-corrected chi connectivity index (χ0v) is 16.9. The number of carbonyl (C=O) groups excluding carboxylic acids is 2. The van der Waals surface area contributed by atoms with Gasteiger partial charge in [0.25, 0.3) is 0 Å². The molecule has 0 saturated carbocycles. The van der Waals surface area contributed by atoms with E-state index in [1.165, 1.54) is 0 Å². The molecular weight excluding hydrogens is 382 g/mol. The molecular formula is C22H23N5O3. The van der Waals surface area contributed by atoms with Crippen molar-refractivity contribution in [2.75, 3.05) is 11.6 Å². The van der Waals surface area contributed by atoms with Crippen molar-refractivity contribution >= 4 is 28.9 Å². The molecule has 1 aliphatic rings. The average molecular weight is 405 g/mol. The zero-order valence-electron chi connectivity index (χ0n) is 16.9. The number of anilines is 1. The number of ether oxygens (including phenoxy) is 1. The first-order chi connectivity index (χ1) is 14.6. The van der Waals surface area contributed by atoms with Crippen LogP contribution >= 0.6 is 0 Å². The van der Waals surface area contributed by atoms with Crippen molar-refractivity contribution in [3.63, 3.8) is 0 Å². The van der Waals surface area contributed by atoms with Gasteiger partial charge in [0.15, 0.2) is 0 Å². The quantitative estimate of drug-likeness (QED) is 0.637. The van der Waals surface area contributed by atoms with E-state index in [1.54, 1.807) is 11.9 Å². The van der Waals surface area contributed by atoms with E-state index in [9.17, 15) is 9.59 Å². The van der Waals surface area contributed by atoms with E-state index in [1.807, 2.05) is 66.2 Å². The topological polar surface area (TPSA) is 88.3 Å². The van der Waals surface area contributed by atoms with Crippen LogP contribution in [0.15, 0.2) is 60.0 Å². The van der Waals surface area contributed by atoms with Gasteiger partial charge in [-0.05, 0) is 37.6 Å². The number of hydrogen-bond donors (Lipinski definition) is 1. The number of hydrogen-bond acceptors (Lipinski definition) is 6. The molecule has 1 amide bonds. The SMILES string of the molecule is CCOC(=O)C1=NN(c2ccccc2)C(C(=O)NCc2cn3cccc(C)c3n2)C1. The maximum Gasteiger partial charge on any atom is 0.354 e. The molecule has 2 aromatic heterocycles. The summed E-state index contributed by atoms with van der Waals surface area (Å²) in [6, 6.07) is 12.6. The minimum Gasteiger partial charge on any atom is -0.461 e. The first kappa shape index (κ1) is 19.6. The molecule has 0 spiro atoms. The lowest BCUT2D eigenvalue weighted by atomic mass is 10.1. The molecule has 8 nitrogen and oxygen atoms in total. The third kappa shape index (κ3) is 3.89. The van der Waals surface area contributed by atoms with E-state index in [0.29, 0.717) is 0 Å². The van der Waals surface area contributed by atoms with E-state index < -0.39 is 12.0 Å². The van der Waals surface area contributed by atoms with Crippen molar-refractivity contribution in [1.82, 2.24) is 14.7 Å². The Kier molecular flexibility index (Phi) is 5.47. The van der Waals surface area contributed by atoms with Gasteiger partial charge in [0.1, 0.15) is 17.4 Å². The first-order valence-electron chi connectivity index (χ1n) is 9.86. The van der Waals surface area contributed by atoms with Gasteiger partial charge in [-0.3, -0.25) is 9.80 Å². The second-order valence-electron chi connectivity index (χ2n) is 7.04. The number of aryl methyl sites for hydroxylation is 1. The third-order valence-corrected chi connectivity index (χ3v) is 4.92. The predicted octanol–water partition coefficient (Wildman–Crippen LogP) is 2.46. The summed E-state index contributed by atoms with van der Waals surface area (Å²) in [5.74, 6) is -0.722. The van der Waals surface area contributed by atoms with Crippen molar-refractivity contribution in [2.45, 2.75) is 32.9 Å². The van der Waals surface area contributed by atoms with Crippen LogP contribution in [0.3, 0.4) is 0 Å². The third-order valence-electron chi connectivity index (χ3n) is 4.92. The normalized spacial score (nSPS) is 15.9. The molecule has 4 rings (SSSR count). The fourth-order valence-corrected chi connectivity index (χ4v) is 3.46. The van der Waals surface area contributed by atoms with Crippen LogP contribution in [0.25, 0.3) is 5.65 Å². The van der Waals surface area contributed by atoms with E-state index in [-0.39, 0.29) is 31.2 Å². The number of para-hydroxylation sites is 1. The fourth-order valence-electron chi connectivity index (χ4n) is 3.46. The smallest absolute Gasteiger partial charge is 0.354 e. The number of nitrogens with zero attached hydrogens (tertiary/aromatic N) is 4. The summed E-state index contributed by atoms with van der Waals surface area (Å²) in [7, 11) is 0. The number of aromatic nitrogens is 2. The lowest BCUT2D eigenvalue weighted by molar-refractivity contribution is -0.135. The van der Waals surface area contributed by atoms with Gasteiger partial charge in [-0.15, -0.1) is 0 Å². The van der Waals surface area contributed by atoms with Crippen molar-refractivity contribution < 1.29 is 14.3 Å². The summed E-state index contributed by atoms with van der Waals surface area (Å²) in [6.07, 6.45) is 4.00. The van der Waals surface area contributed by atoms with Crippen LogP contribution in [0, 0.1) is 6.92 Å². The minimum absolute atomic E-state index is 0.184. The fraction of sp³-hybridized carbons (Fsp3) is 0.273. The second kappa shape index (κ2) is 8.36. The predicted molar refractivity (Wildman–Crippen MR) is 113 cm³/mol. The summed E-state index contributed by atoms with van der Waals surface area (Å²) in [5, 5.41) is 8.88. The van der Waals surface area contributed by atoms with Crippen LogP contribution < -0.4 is 10.3 Å². The molecule has 1 N–H and O–H groups in total. The Labute approximate surface area is 174 Å². The molecule has 1 aliphatic heterocycles. The van der Waals surface area contributed by atoms with Gasteiger partial charge in [-0.1, -0.05) is 24.3 Å². The molecule has 3 heterocycles. The number of amides is 1. The largest absolute Gasteiger partial charge is 0.461 e. The van der Waals surface area contributed by atoms with Crippen LogP contribution in [-0.4, -0.2) is 39.6 Å². The van der Waals surface area contributed by atoms with Gasteiger partial charge < -0.3 is 14.5 Å².